The van der Waals surface area contributed by atoms with Crippen molar-refractivity contribution in [2.45, 2.75) is 25.6 Å². The molecule has 2 aromatic carbocycles. The van der Waals surface area contributed by atoms with Gasteiger partial charge in [0, 0.05) is 6.92 Å². The van der Waals surface area contributed by atoms with Gasteiger partial charge in [-0.15, -0.1) is 0 Å². The van der Waals surface area contributed by atoms with Gasteiger partial charge >= 0.3 is 5.97 Å². The quantitative estimate of drug-likeness (QED) is 0.869. The van der Waals surface area contributed by atoms with Crippen molar-refractivity contribution in [3.8, 4) is 0 Å². The fourth-order valence-corrected chi connectivity index (χ4v) is 3.16. The molecule has 0 spiro atoms. The number of esters is 1. The summed E-state index contributed by atoms with van der Waals surface area (Å²) in [6.07, 6.45) is 0. The normalized spacial score (nSPS) is 25.6. The first-order valence-corrected chi connectivity index (χ1v) is 8.30. The Balaban J connectivity index is 2.14. The van der Waals surface area contributed by atoms with Crippen LogP contribution in [0.4, 0.5) is 0 Å². The van der Waals surface area contributed by atoms with Gasteiger partial charge in [0.05, 0.1) is 18.2 Å². The van der Waals surface area contributed by atoms with Gasteiger partial charge in [0.1, 0.15) is 5.92 Å². The SMILES string of the molecule is CCOC(=O)C1C(c2ccccc2)C(c2ccccc2)=NOC1(C)O. The number of ether oxygens (including phenoxy) is 1. The molecule has 3 rings (SSSR count). The van der Waals surface area contributed by atoms with Crippen molar-refractivity contribution in [3.63, 3.8) is 0 Å². The van der Waals surface area contributed by atoms with E-state index in [4.69, 9.17) is 9.57 Å². The first kappa shape index (κ1) is 17.2. The second-order valence-corrected chi connectivity index (χ2v) is 6.11. The van der Waals surface area contributed by atoms with E-state index in [1.165, 1.54) is 6.92 Å². The zero-order valence-corrected chi connectivity index (χ0v) is 14.3. The predicted octanol–water partition coefficient (Wildman–Crippen LogP) is 3.09. The minimum absolute atomic E-state index is 0.227. The summed E-state index contributed by atoms with van der Waals surface area (Å²) < 4.78 is 5.22. The average Bonchev–Trinajstić information content (AvgIpc) is 2.62. The monoisotopic (exact) mass is 339 g/mol. The lowest BCUT2D eigenvalue weighted by molar-refractivity contribution is -0.238. The van der Waals surface area contributed by atoms with Crippen molar-refractivity contribution in [2.24, 2.45) is 11.1 Å². The van der Waals surface area contributed by atoms with Crippen molar-refractivity contribution >= 4 is 11.7 Å². The molecule has 1 heterocycles. The zero-order valence-electron chi connectivity index (χ0n) is 14.3. The molecule has 3 unspecified atom stereocenters. The lowest BCUT2D eigenvalue weighted by atomic mass is 9.75. The highest BCUT2D eigenvalue weighted by atomic mass is 16.7. The summed E-state index contributed by atoms with van der Waals surface area (Å²) in [5, 5.41) is 14.9. The van der Waals surface area contributed by atoms with E-state index in [2.05, 4.69) is 5.16 Å². The van der Waals surface area contributed by atoms with E-state index in [0.717, 1.165) is 11.1 Å². The number of carbonyl (C=O) groups excluding carboxylic acids is 1. The molecule has 0 fully saturated rings. The fourth-order valence-electron chi connectivity index (χ4n) is 3.16. The average molecular weight is 339 g/mol. The van der Waals surface area contributed by atoms with Gasteiger partial charge in [-0.2, -0.15) is 0 Å². The third-order valence-electron chi connectivity index (χ3n) is 4.30. The molecule has 5 nitrogen and oxygen atoms in total. The third-order valence-corrected chi connectivity index (χ3v) is 4.30. The fraction of sp³-hybridized carbons (Fsp3) is 0.300. The first-order chi connectivity index (χ1) is 12.0. The molecule has 5 heteroatoms. The molecule has 1 N–H and O–H groups in total. The van der Waals surface area contributed by atoms with Gasteiger partial charge in [-0.3, -0.25) is 4.79 Å². The van der Waals surface area contributed by atoms with Crippen molar-refractivity contribution < 1.29 is 19.5 Å². The summed E-state index contributed by atoms with van der Waals surface area (Å²) in [5.74, 6) is -3.68. The summed E-state index contributed by atoms with van der Waals surface area (Å²) in [5.41, 5.74) is 2.30. The highest BCUT2D eigenvalue weighted by Gasteiger charge is 2.52. The molecule has 0 aromatic heterocycles. The maximum atomic E-state index is 12.7. The number of hydrogen-bond acceptors (Lipinski definition) is 5. The summed E-state index contributed by atoms with van der Waals surface area (Å²) in [4.78, 5) is 18.0. The Morgan fingerprint density at radius 2 is 1.76 bits per heavy atom. The number of carbonyl (C=O) groups is 1. The molecule has 1 aliphatic heterocycles. The molecule has 0 aliphatic carbocycles. The van der Waals surface area contributed by atoms with Crippen LogP contribution < -0.4 is 0 Å². The van der Waals surface area contributed by atoms with E-state index in [1.807, 2.05) is 60.7 Å². The van der Waals surface area contributed by atoms with Crippen molar-refractivity contribution in [2.75, 3.05) is 6.61 Å². The van der Waals surface area contributed by atoms with Gasteiger partial charge < -0.3 is 14.7 Å². The Hall–Kier alpha value is -2.66. The Morgan fingerprint density at radius 3 is 2.36 bits per heavy atom. The molecule has 1 aliphatic rings. The number of benzene rings is 2. The number of hydrogen-bond donors (Lipinski definition) is 1. The minimum Gasteiger partial charge on any atom is -0.466 e. The highest BCUT2D eigenvalue weighted by molar-refractivity contribution is 6.07. The number of rotatable bonds is 4. The van der Waals surface area contributed by atoms with Crippen LogP contribution >= 0.6 is 0 Å². The van der Waals surface area contributed by atoms with Crippen molar-refractivity contribution in [1.29, 1.82) is 0 Å². The van der Waals surface area contributed by atoms with Gasteiger partial charge in [-0.1, -0.05) is 65.8 Å². The van der Waals surface area contributed by atoms with Gasteiger partial charge in [0.2, 0.25) is 5.79 Å². The van der Waals surface area contributed by atoms with E-state index in [-0.39, 0.29) is 6.61 Å². The van der Waals surface area contributed by atoms with Crippen LogP contribution in [0.5, 0.6) is 0 Å². The maximum Gasteiger partial charge on any atom is 0.316 e. The summed E-state index contributed by atoms with van der Waals surface area (Å²) in [6, 6.07) is 19.0. The molecule has 0 saturated carbocycles. The predicted molar refractivity (Wildman–Crippen MR) is 94.0 cm³/mol. The Kier molecular flexibility index (Phi) is 4.86. The molecule has 3 atom stereocenters. The molecular weight excluding hydrogens is 318 g/mol. The second-order valence-electron chi connectivity index (χ2n) is 6.11. The standard InChI is InChI=1S/C20H21NO4/c1-3-24-19(22)17-16(14-10-6-4-7-11-14)18(21-25-20(17,2)23)15-12-8-5-9-13-15/h4-13,16-17,23H,3H2,1-2H3. The maximum absolute atomic E-state index is 12.7. The lowest BCUT2D eigenvalue weighted by Crippen LogP contribution is -2.50. The second kappa shape index (κ2) is 7.07. The topological polar surface area (TPSA) is 68.1 Å². The van der Waals surface area contributed by atoms with Gasteiger partial charge in [0.25, 0.3) is 0 Å². The van der Waals surface area contributed by atoms with Crippen LogP contribution in [0.3, 0.4) is 0 Å². The Bertz CT molecular complexity index is 756. The van der Waals surface area contributed by atoms with Gasteiger partial charge in [0.15, 0.2) is 0 Å². The Morgan fingerprint density at radius 1 is 1.16 bits per heavy atom. The van der Waals surface area contributed by atoms with Crippen molar-refractivity contribution in [3.05, 3.63) is 71.8 Å². The van der Waals surface area contributed by atoms with Crippen LogP contribution in [0.1, 0.15) is 30.9 Å². The van der Waals surface area contributed by atoms with Gasteiger partial charge in [-0.05, 0) is 18.1 Å². The van der Waals surface area contributed by atoms with Crippen LogP contribution in [0.25, 0.3) is 0 Å². The van der Waals surface area contributed by atoms with E-state index < -0.39 is 23.6 Å². The number of nitrogens with zero attached hydrogens (tertiary/aromatic N) is 1. The molecule has 0 amide bonds. The molecule has 0 saturated heterocycles. The Labute approximate surface area is 146 Å². The third kappa shape index (κ3) is 3.42. The number of aliphatic hydroxyl groups is 1. The number of oxime groups is 1. The van der Waals surface area contributed by atoms with Gasteiger partial charge in [-0.25, -0.2) is 0 Å². The molecular formula is C20H21NO4. The zero-order chi connectivity index (χ0) is 17.9. The first-order valence-electron chi connectivity index (χ1n) is 8.30. The van der Waals surface area contributed by atoms with E-state index >= 15 is 0 Å². The summed E-state index contributed by atoms with van der Waals surface area (Å²) in [7, 11) is 0. The van der Waals surface area contributed by atoms with Crippen LogP contribution in [-0.2, 0) is 14.4 Å². The molecule has 0 radical (unpaired) electrons. The van der Waals surface area contributed by atoms with Crippen LogP contribution in [0, 0.1) is 5.92 Å². The van der Waals surface area contributed by atoms with Crippen LogP contribution in [0.2, 0.25) is 0 Å². The molecule has 2 aromatic rings. The lowest BCUT2D eigenvalue weighted by Gasteiger charge is -2.39. The smallest absolute Gasteiger partial charge is 0.316 e. The molecule has 130 valence electrons. The van der Waals surface area contributed by atoms with E-state index in [0.29, 0.717) is 5.71 Å². The summed E-state index contributed by atoms with van der Waals surface area (Å²) in [6.45, 7) is 3.40. The summed E-state index contributed by atoms with van der Waals surface area (Å²) >= 11 is 0. The highest BCUT2D eigenvalue weighted by Crippen LogP contribution is 2.41. The van der Waals surface area contributed by atoms with Crippen LogP contribution in [0.15, 0.2) is 65.8 Å². The van der Waals surface area contributed by atoms with E-state index in [9.17, 15) is 9.90 Å². The molecule has 25 heavy (non-hydrogen) atoms. The van der Waals surface area contributed by atoms with Crippen molar-refractivity contribution in [1.82, 2.24) is 0 Å². The largest absolute Gasteiger partial charge is 0.466 e. The van der Waals surface area contributed by atoms with E-state index in [1.54, 1.807) is 6.92 Å². The minimum atomic E-state index is -1.76. The molecule has 0 bridgehead atoms. The van der Waals surface area contributed by atoms with Crippen LogP contribution in [-0.4, -0.2) is 29.2 Å².